The van der Waals surface area contributed by atoms with Gasteiger partial charge in [0.2, 0.25) is 0 Å². The Morgan fingerprint density at radius 1 is 1.35 bits per heavy atom. The predicted molar refractivity (Wildman–Crippen MR) is 111 cm³/mol. The van der Waals surface area contributed by atoms with Crippen LogP contribution in [-0.2, 0) is 6.42 Å². The largest absolute Gasteiger partial charge is 0.357 e. The normalized spacial score (nSPS) is 15.5. The molecule has 6 heteroatoms. The summed E-state index contributed by atoms with van der Waals surface area (Å²) in [7, 11) is 0. The number of thiazole rings is 1. The highest BCUT2D eigenvalue weighted by Crippen LogP contribution is 2.28. The van der Waals surface area contributed by atoms with Crippen LogP contribution in [0.25, 0.3) is 0 Å². The fraction of sp³-hybridized carbons (Fsp3) is 0.765. The van der Waals surface area contributed by atoms with Crippen LogP contribution in [0.2, 0.25) is 0 Å². The summed E-state index contributed by atoms with van der Waals surface area (Å²) in [5.41, 5.74) is 1.17. The van der Waals surface area contributed by atoms with Crippen molar-refractivity contribution in [2.75, 3.05) is 19.6 Å². The molecule has 0 aromatic carbocycles. The summed E-state index contributed by atoms with van der Waals surface area (Å²) in [6, 6.07) is 0. The van der Waals surface area contributed by atoms with E-state index < -0.39 is 0 Å². The van der Waals surface area contributed by atoms with Crippen LogP contribution >= 0.6 is 35.3 Å². The summed E-state index contributed by atoms with van der Waals surface area (Å²) in [6.07, 6.45) is 9.27. The van der Waals surface area contributed by atoms with Gasteiger partial charge in [0.15, 0.2) is 5.96 Å². The summed E-state index contributed by atoms with van der Waals surface area (Å²) in [5.74, 6) is 1.92. The molecule has 0 atom stereocenters. The van der Waals surface area contributed by atoms with E-state index in [2.05, 4.69) is 39.8 Å². The highest BCUT2D eigenvalue weighted by molar-refractivity contribution is 14.0. The summed E-state index contributed by atoms with van der Waals surface area (Å²) >= 11 is 1.72. The number of aliphatic imine (C=N–C) groups is 1. The summed E-state index contributed by atoms with van der Waals surface area (Å²) in [6.45, 7) is 6.89. The summed E-state index contributed by atoms with van der Waals surface area (Å²) < 4.78 is 0. The number of nitrogens with one attached hydrogen (secondary N) is 2. The molecular weight excluding hydrogens is 419 g/mol. The Balaban J connectivity index is 0.00000264. The maximum atomic E-state index is 4.69. The number of hydrogen-bond acceptors (Lipinski definition) is 3. The second-order valence-corrected chi connectivity index (χ2v) is 7.15. The van der Waals surface area contributed by atoms with Crippen molar-refractivity contribution in [2.24, 2.45) is 10.9 Å². The molecule has 1 fully saturated rings. The van der Waals surface area contributed by atoms with Crippen LogP contribution < -0.4 is 10.6 Å². The third-order valence-electron chi connectivity index (χ3n) is 4.20. The average molecular weight is 450 g/mol. The monoisotopic (exact) mass is 450 g/mol. The first-order valence-corrected chi connectivity index (χ1v) is 9.59. The molecule has 23 heavy (non-hydrogen) atoms. The fourth-order valence-electron chi connectivity index (χ4n) is 3.04. The van der Waals surface area contributed by atoms with Crippen LogP contribution in [0.1, 0.15) is 56.2 Å². The Labute approximate surface area is 162 Å². The lowest BCUT2D eigenvalue weighted by molar-refractivity contribution is 0.487. The van der Waals surface area contributed by atoms with Gasteiger partial charge in [0.25, 0.3) is 0 Å². The molecule has 1 saturated carbocycles. The number of aryl methyl sites for hydroxylation is 1. The number of aromatic nitrogens is 1. The van der Waals surface area contributed by atoms with Gasteiger partial charge in [-0.25, -0.2) is 4.98 Å². The maximum absolute atomic E-state index is 4.69. The highest BCUT2D eigenvalue weighted by atomic mass is 127. The van der Waals surface area contributed by atoms with E-state index in [0.29, 0.717) is 0 Å². The second-order valence-electron chi connectivity index (χ2n) is 6.09. The summed E-state index contributed by atoms with van der Waals surface area (Å²) in [5, 5.41) is 10.0. The van der Waals surface area contributed by atoms with Crippen molar-refractivity contribution in [3.8, 4) is 0 Å². The van der Waals surface area contributed by atoms with Crippen molar-refractivity contribution >= 4 is 41.3 Å². The van der Waals surface area contributed by atoms with Crippen molar-refractivity contribution in [3.05, 3.63) is 16.1 Å². The molecule has 1 aliphatic carbocycles. The van der Waals surface area contributed by atoms with Crippen LogP contribution in [-0.4, -0.2) is 30.6 Å². The molecule has 132 valence electrons. The van der Waals surface area contributed by atoms with Crippen LogP contribution in [0.5, 0.6) is 0 Å². The van der Waals surface area contributed by atoms with Crippen LogP contribution in [0.4, 0.5) is 0 Å². The first-order valence-electron chi connectivity index (χ1n) is 8.71. The van der Waals surface area contributed by atoms with E-state index in [1.54, 1.807) is 11.3 Å². The molecule has 0 unspecified atom stereocenters. The molecule has 1 aromatic rings. The maximum Gasteiger partial charge on any atom is 0.191 e. The topological polar surface area (TPSA) is 49.3 Å². The molecular formula is C17H31IN4S. The molecule has 4 nitrogen and oxygen atoms in total. The molecule has 2 rings (SSSR count). The Morgan fingerprint density at radius 2 is 2.13 bits per heavy atom. The van der Waals surface area contributed by atoms with Crippen LogP contribution in [0.3, 0.4) is 0 Å². The fourth-order valence-corrected chi connectivity index (χ4v) is 3.69. The first-order chi connectivity index (χ1) is 10.8. The van der Waals surface area contributed by atoms with Crippen molar-refractivity contribution in [3.63, 3.8) is 0 Å². The Hall–Kier alpha value is -0.370. The van der Waals surface area contributed by atoms with Crippen molar-refractivity contribution in [1.29, 1.82) is 0 Å². The van der Waals surface area contributed by atoms with Crippen molar-refractivity contribution < 1.29 is 0 Å². The molecule has 0 spiro atoms. The third kappa shape index (κ3) is 8.33. The number of nitrogens with zero attached hydrogens (tertiary/aromatic N) is 2. The first kappa shape index (κ1) is 20.7. The zero-order valence-electron chi connectivity index (χ0n) is 14.4. The lowest BCUT2D eigenvalue weighted by atomic mass is 10.0. The van der Waals surface area contributed by atoms with Crippen LogP contribution in [0, 0.1) is 12.8 Å². The van der Waals surface area contributed by atoms with Gasteiger partial charge in [0, 0.05) is 31.4 Å². The average Bonchev–Trinajstić information content (AvgIpc) is 3.15. The van der Waals surface area contributed by atoms with E-state index in [1.165, 1.54) is 44.2 Å². The van der Waals surface area contributed by atoms with Gasteiger partial charge in [0.05, 0.1) is 10.7 Å². The zero-order chi connectivity index (χ0) is 15.6. The minimum absolute atomic E-state index is 0. The Kier molecular flexibility index (Phi) is 10.8. The van der Waals surface area contributed by atoms with Gasteiger partial charge in [0.1, 0.15) is 0 Å². The van der Waals surface area contributed by atoms with E-state index >= 15 is 0 Å². The van der Waals surface area contributed by atoms with Crippen LogP contribution in [0.15, 0.2) is 10.4 Å². The lowest BCUT2D eigenvalue weighted by Gasteiger charge is -2.11. The Morgan fingerprint density at radius 3 is 2.78 bits per heavy atom. The van der Waals surface area contributed by atoms with E-state index in [9.17, 15) is 0 Å². The molecule has 1 aromatic heterocycles. The molecule has 2 N–H and O–H groups in total. The second kappa shape index (κ2) is 12.1. The van der Waals surface area contributed by atoms with E-state index in [1.807, 2.05) is 0 Å². The van der Waals surface area contributed by atoms with Gasteiger partial charge in [-0.1, -0.05) is 25.7 Å². The van der Waals surface area contributed by atoms with Gasteiger partial charge in [-0.2, -0.15) is 0 Å². The van der Waals surface area contributed by atoms with Crippen molar-refractivity contribution in [2.45, 2.75) is 58.8 Å². The number of rotatable bonds is 8. The standard InChI is InChI=1S/C17H30N4S.HI/c1-3-18-17(19-11-6-9-15-7-4-5-8-15)20-12-10-16-13-22-14(2)21-16;/h13,15H,3-12H2,1-2H3,(H2,18,19,20);1H. The van der Waals surface area contributed by atoms with E-state index in [-0.39, 0.29) is 24.0 Å². The van der Waals surface area contributed by atoms with Gasteiger partial charge < -0.3 is 10.6 Å². The molecule has 0 amide bonds. The molecule has 0 bridgehead atoms. The van der Waals surface area contributed by atoms with Gasteiger partial charge in [-0.15, -0.1) is 35.3 Å². The zero-order valence-corrected chi connectivity index (χ0v) is 17.6. The van der Waals surface area contributed by atoms with Gasteiger partial charge in [-0.3, -0.25) is 4.99 Å². The number of guanidine groups is 1. The van der Waals surface area contributed by atoms with E-state index in [4.69, 9.17) is 0 Å². The number of hydrogen-bond donors (Lipinski definition) is 2. The molecule has 0 aliphatic heterocycles. The van der Waals surface area contributed by atoms with Crippen molar-refractivity contribution in [1.82, 2.24) is 15.6 Å². The molecule has 0 saturated heterocycles. The number of halogens is 1. The van der Waals surface area contributed by atoms with Gasteiger partial charge >= 0.3 is 0 Å². The molecule has 1 aliphatic rings. The SMILES string of the molecule is CCNC(=NCCCC1CCCC1)NCCc1csc(C)n1.I. The Bertz CT molecular complexity index is 455. The third-order valence-corrected chi connectivity index (χ3v) is 5.02. The minimum atomic E-state index is 0. The molecule has 0 radical (unpaired) electrons. The smallest absolute Gasteiger partial charge is 0.191 e. The molecule has 1 heterocycles. The quantitative estimate of drug-likeness (QED) is 0.271. The van der Waals surface area contributed by atoms with E-state index in [0.717, 1.165) is 42.9 Å². The predicted octanol–water partition coefficient (Wildman–Crippen LogP) is 4.14. The lowest BCUT2D eigenvalue weighted by Crippen LogP contribution is -2.38. The summed E-state index contributed by atoms with van der Waals surface area (Å²) in [4.78, 5) is 9.18. The highest BCUT2D eigenvalue weighted by Gasteiger charge is 2.13. The van der Waals surface area contributed by atoms with Gasteiger partial charge in [-0.05, 0) is 32.6 Å². The minimum Gasteiger partial charge on any atom is -0.357 e.